The molecule has 0 spiro atoms. The number of rotatable bonds is 33. The Labute approximate surface area is 301 Å². The van der Waals surface area contributed by atoms with Crippen LogP contribution in [0, 0.1) is 0 Å². The smallest absolute Gasteiger partial charge is 0.387 e. The second-order valence-electron chi connectivity index (χ2n) is 13.9. The second-order valence-corrected chi connectivity index (χ2v) is 15.4. The average Bonchev–Trinajstić information content (AvgIpc) is 3.04. The summed E-state index contributed by atoms with van der Waals surface area (Å²) in [7, 11) is 1.52. The number of phosphoric ester groups is 1. The van der Waals surface area contributed by atoms with Gasteiger partial charge in [-0.15, -0.1) is 0 Å². The number of likely N-dealkylation sites (N-methyl/N-ethyl adjacent to an activating group) is 1. The highest BCUT2D eigenvalue weighted by Crippen LogP contribution is 2.43. The van der Waals surface area contributed by atoms with E-state index in [9.17, 15) is 19.4 Å². The summed E-state index contributed by atoms with van der Waals surface area (Å²) >= 11 is 0. The van der Waals surface area contributed by atoms with Gasteiger partial charge in [0, 0.05) is 6.42 Å². The highest BCUT2D eigenvalue weighted by molar-refractivity contribution is 7.47. The zero-order valence-electron chi connectivity index (χ0n) is 31.9. The van der Waals surface area contributed by atoms with Gasteiger partial charge in [-0.1, -0.05) is 120 Å². The fraction of sp³-hybridized carbons (Fsp3) is 0.725. The van der Waals surface area contributed by atoms with Crippen LogP contribution in [0.1, 0.15) is 136 Å². The summed E-state index contributed by atoms with van der Waals surface area (Å²) in [5.41, 5.74) is 0. The molecule has 9 heteroatoms. The lowest BCUT2D eigenvalue weighted by molar-refractivity contribution is -0.870. The Hall–Kier alpha value is -1.80. The molecule has 0 bridgehead atoms. The molecular weight excluding hydrogens is 635 g/mol. The van der Waals surface area contributed by atoms with Gasteiger partial charge in [0.1, 0.15) is 13.2 Å². The van der Waals surface area contributed by atoms with Crippen molar-refractivity contribution in [1.82, 2.24) is 5.32 Å². The number of phosphoric acid groups is 1. The van der Waals surface area contributed by atoms with E-state index < -0.39 is 20.0 Å². The van der Waals surface area contributed by atoms with Crippen LogP contribution in [0.4, 0.5) is 0 Å². The molecule has 0 aromatic heterocycles. The minimum Gasteiger partial charge on any atom is -0.387 e. The Kier molecular flexibility index (Phi) is 31.0. The minimum atomic E-state index is -4.35. The van der Waals surface area contributed by atoms with E-state index in [1.165, 1.54) is 38.5 Å². The van der Waals surface area contributed by atoms with Gasteiger partial charge >= 0.3 is 7.82 Å². The van der Waals surface area contributed by atoms with Crippen LogP contribution in [0.5, 0.6) is 0 Å². The van der Waals surface area contributed by atoms with Gasteiger partial charge in [0.2, 0.25) is 5.91 Å². The number of unbranched alkanes of at least 4 members (excludes halogenated alkanes) is 12. The lowest BCUT2D eigenvalue weighted by Gasteiger charge is -2.25. The largest absolute Gasteiger partial charge is 0.472 e. The number of aliphatic hydroxyl groups is 1. The maximum atomic E-state index is 12.8. The zero-order chi connectivity index (χ0) is 36.5. The van der Waals surface area contributed by atoms with E-state index in [1.54, 1.807) is 6.08 Å². The van der Waals surface area contributed by atoms with Crippen molar-refractivity contribution < 1.29 is 32.9 Å². The molecule has 0 saturated carbocycles. The monoisotopic (exact) mass is 710 g/mol. The highest BCUT2D eigenvalue weighted by atomic mass is 31.2. The summed E-state index contributed by atoms with van der Waals surface area (Å²) in [6.45, 7) is 4.64. The first kappa shape index (κ1) is 47.2. The van der Waals surface area contributed by atoms with Crippen LogP contribution in [-0.2, 0) is 18.4 Å². The summed E-state index contributed by atoms with van der Waals surface area (Å²) in [5.74, 6) is -0.211. The third-order valence-electron chi connectivity index (χ3n) is 7.92. The predicted octanol–water partition coefficient (Wildman–Crippen LogP) is 9.90. The lowest BCUT2D eigenvalue weighted by atomic mass is 10.1. The van der Waals surface area contributed by atoms with E-state index in [0.717, 1.165) is 77.0 Å². The summed E-state index contributed by atoms with van der Waals surface area (Å²) in [6, 6.07) is -0.876. The molecule has 0 heterocycles. The van der Waals surface area contributed by atoms with E-state index in [-0.39, 0.29) is 19.1 Å². The summed E-state index contributed by atoms with van der Waals surface area (Å²) in [5, 5.41) is 13.7. The molecule has 0 aliphatic heterocycles. The van der Waals surface area contributed by atoms with Crippen molar-refractivity contribution in [3.05, 3.63) is 60.8 Å². The molecule has 49 heavy (non-hydrogen) atoms. The van der Waals surface area contributed by atoms with Crippen molar-refractivity contribution in [2.45, 2.75) is 148 Å². The van der Waals surface area contributed by atoms with Gasteiger partial charge in [0.25, 0.3) is 0 Å². The number of nitrogens with one attached hydrogen (secondary N) is 1. The fourth-order valence-electron chi connectivity index (χ4n) is 4.81. The number of aliphatic hydroxyl groups excluding tert-OH is 1. The SMILES string of the molecule is CCC/C=C/CC/C=C/CC/C=C/C(O)C(COP(=O)(O)OCC[N+](C)(C)C)NC(=O)CCCCCCC/C=C\C/C=C\CCCCCC. The molecule has 0 aromatic rings. The molecule has 3 N–H and O–H groups in total. The van der Waals surface area contributed by atoms with Crippen molar-refractivity contribution in [3.63, 3.8) is 0 Å². The molecule has 0 radical (unpaired) electrons. The van der Waals surface area contributed by atoms with Crippen molar-refractivity contribution in [1.29, 1.82) is 0 Å². The average molecular weight is 710 g/mol. The standard InChI is InChI=1S/C40H73N2O6P/c1-6-8-10-12-14-16-18-19-20-21-22-24-26-28-30-32-34-40(44)41-38(37-48-49(45,46)47-36-35-42(3,4)5)39(43)33-31-29-27-25-23-17-15-13-11-9-7-2/h11,13,16,18,20-21,23,25,31,33,38-39,43H,6-10,12,14-15,17,19,22,24,26-30,32,34-37H2,1-5H3,(H-,41,44,45,46)/p+1/b13-11+,18-16-,21-20-,25-23+,33-31+. The van der Waals surface area contributed by atoms with Crippen molar-refractivity contribution in [2.75, 3.05) is 40.9 Å². The number of amides is 1. The maximum Gasteiger partial charge on any atom is 0.472 e. The number of hydrogen-bond acceptors (Lipinski definition) is 5. The van der Waals surface area contributed by atoms with Gasteiger partial charge in [-0.2, -0.15) is 0 Å². The van der Waals surface area contributed by atoms with Gasteiger partial charge in [-0.3, -0.25) is 13.8 Å². The number of carbonyl (C=O) groups excluding carboxylic acids is 1. The van der Waals surface area contributed by atoms with Crippen LogP contribution < -0.4 is 5.32 Å². The third kappa shape index (κ3) is 34.4. The molecule has 0 fully saturated rings. The van der Waals surface area contributed by atoms with E-state index in [4.69, 9.17) is 9.05 Å². The van der Waals surface area contributed by atoms with Gasteiger partial charge in [0.15, 0.2) is 0 Å². The molecule has 0 saturated heterocycles. The zero-order valence-corrected chi connectivity index (χ0v) is 32.8. The molecular formula is C40H74N2O6P+. The highest BCUT2D eigenvalue weighted by Gasteiger charge is 2.27. The van der Waals surface area contributed by atoms with E-state index in [0.29, 0.717) is 17.4 Å². The Balaban J connectivity index is 4.60. The molecule has 0 rings (SSSR count). The van der Waals surface area contributed by atoms with Crippen molar-refractivity contribution in [2.24, 2.45) is 0 Å². The fourth-order valence-corrected chi connectivity index (χ4v) is 5.55. The molecule has 1 amide bonds. The molecule has 3 atom stereocenters. The Bertz CT molecular complexity index is 986. The number of quaternary nitrogens is 1. The predicted molar refractivity (Wildman–Crippen MR) is 207 cm³/mol. The lowest BCUT2D eigenvalue weighted by Crippen LogP contribution is -2.45. The Morgan fingerprint density at radius 2 is 1.22 bits per heavy atom. The van der Waals surface area contributed by atoms with Gasteiger partial charge in [-0.05, 0) is 70.6 Å². The normalized spacial score (nSPS) is 15.3. The first-order valence-electron chi connectivity index (χ1n) is 19.2. The molecule has 0 aliphatic rings. The third-order valence-corrected chi connectivity index (χ3v) is 8.90. The van der Waals surface area contributed by atoms with Crippen LogP contribution in [0.3, 0.4) is 0 Å². The Morgan fingerprint density at radius 1 is 0.694 bits per heavy atom. The first-order chi connectivity index (χ1) is 23.5. The van der Waals surface area contributed by atoms with Crippen LogP contribution in [0.2, 0.25) is 0 Å². The van der Waals surface area contributed by atoms with Gasteiger partial charge < -0.3 is 19.8 Å². The number of nitrogens with zero attached hydrogens (tertiary/aromatic N) is 1. The summed E-state index contributed by atoms with van der Waals surface area (Å²) in [6.07, 6.45) is 40.0. The molecule has 284 valence electrons. The molecule has 8 nitrogen and oxygen atoms in total. The molecule has 3 unspecified atom stereocenters. The maximum absolute atomic E-state index is 12.8. The van der Waals surface area contributed by atoms with Crippen LogP contribution in [-0.4, -0.2) is 73.4 Å². The van der Waals surface area contributed by atoms with Crippen LogP contribution in [0.15, 0.2) is 60.8 Å². The van der Waals surface area contributed by atoms with Gasteiger partial charge in [0.05, 0.1) is 39.9 Å². The minimum absolute atomic E-state index is 0.0478. The molecule has 0 aliphatic carbocycles. The van der Waals surface area contributed by atoms with E-state index in [1.807, 2.05) is 27.2 Å². The topological polar surface area (TPSA) is 105 Å². The van der Waals surface area contributed by atoms with Crippen molar-refractivity contribution >= 4 is 13.7 Å². The summed E-state index contributed by atoms with van der Waals surface area (Å²) in [4.78, 5) is 23.0. The quantitative estimate of drug-likeness (QED) is 0.0271. The first-order valence-corrected chi connectivity index (χ1v) is 20.7. The number of hydrogen-bond donors (Lipinski definition) is 3. The van der Waals surface area contributed by atoms with Crippen LogP contribution in [0.25, 0.3) is 0 Å². The van der Waals surface area contributed by atoms with Gasteiger partial charge in [-0.25, -0.2) is 4.57 Å². The van der Waals surface area contributed by atoms with E-state index in [2.05, 4.69) is 67.8 Å². The molecule has 0 aromatic carbocycles. The Morgan fingerprint density at radius 3 is 1.82 bits per heavy atom. The van der Waals surface area contributed by atoms with E-state index >= 15 is 0 Å². The summed E-state index contributed by atoms with van der Waals surface area (Å²) < 4.78 is 23.4. The van der Waals surface area contributed by atoms with Crippen LogP contribution >= 0.6 is 7.82 Å². The number of carbonyl (C=O) groups is 1. The number of allylic oxidation sites excluding steroid dienone is 9. The second kappa shape index (κ2) is 32.1. The van der Waals surface area contributed by atoms with Crippen molar-refractivity contribution in [3.8, 4) is 0 Å².